The lowest BCUT2D eigenvalue weighted by molar-refractivity contribution is 0.0527. The standard InChI is InChI=1S/C30H33NO4/c1-7-34-29(32)28-20(2)31(23-12-14-24(33-6)15-13-23)27-17-16-25(18-26(27)28)35-19-21-8-10-22(11-9-21)30(3,4)5/h8-18H,7,19H2,1-6H3. The first kappa shape index (κ1) is 24.4. The van der Waals surface area contributed by atoms with Gasteiger partial charge in [-0.15, -0.1) is 0 Å². The number of rotatable bonds is 7. The summed E-state index contributed by atoms with van der Waals surface area (Å²) in [6.45, 7) is 11.1. The van der Waals surface area contributed by atoms with Gasteiger partial charge in [0, 0.05) is 16.8 Å². The quantitative estimate of drug-likeness (QED) is 0.272. The summed E-state index contributed by atoms with van der Waals surface area (Å²) in [7, 11) is 1.64. The SMILES string of the molecule is CCOC(=O)c1c(C)n(-c2ccc(OC)cc2)c2ccc(OCc3ccc(C(C)(C)C)cc3)cc12. The molecule has 3 aromatic carbocycles. The van der Waals surface area contributed by atoms with Gasteiger partial charge in [0.15, 0.2) is 0 Å². The maximum atomic E-state index is 12.9. The van der Waals surface area contributed by atoms with Gasteiger partial charge in [0.1, 0.15) is 18.1 Å². The average molecular weight is 472 g/mol. The van der Waals surface area contributed by atoms with Gasteiger partial charge < -0.3 is 18.8 Å². The van der Waals surface area contributed by atoms with Crippen molar-refractivity contribution in [2.75, 3.05) is 13.7 Å². The molecule has 5 nitrogen and oxygen atoms in total. The summed E-state index contributed by atoms with van der Waals surface area (Å²) >= 11 is 0. The molecule has 4 aromatic rings. The zero-order valence-electron chi connectivity index (χ0n) is 21.3. The van der Waals surface area contributed by atoms with E-state index in [-0.39, 0.29) is 11.4 Å². The molecule has 0 aliphatic carbocycles. The van der Waals surface area contributed by atoms with Crippen molar-refractivity contribution in [2.45, 2.75) is 46.6 Å². The highest BCUT2D eigenvalue weighted by Gasteiger charge is 2.22. The van der Waals surface area contributed by atoms with Gasteiger partial charge in [-0.1, -0.05) is 45.0 Å². The van der Waals surface area contributed by atoms with Crippen LogP contribution in [0.1, 0.15) is 54.9 Å². The first-order chi connectivity index (χ1) is 16.7. The fourth-order valence-electron chi connectivity index (χ4n) is 4.28. The Labute approximate surface area is 207 Å². The average Bonchev–Trinajstić information content (AvgIpc) is 3.13. The second kappa shape index (κ2) is 9.87. The Kier molecular flexibility index (Phi) is 6.88. The van der Waals surface area contributed by atoms with Gasteiger partial charge in [-0.25, -0.2) is 4.79 Å². The lowest BCUT2D eigenvalue weighted by Crippen LogP contribution is -2.10. The topological polar surface area (TPSA) is 49.7 Å². The maximum Gasteiger partial charge on any atom is 0.340 e. The van der Waals surface area contributed by atoms with E-state index >= 15 is 0 Å². The summed E-state index contributed by atoms with van der Waals surface area (Å²) in [6, 6.07) is 22.2. The highest BCUT2D eigenvalue weighted by molar-refractivity contribution is 6.07. The second-order valence-electron chi connectivity index (χ2n) is 9.63. The highest BCUT2D eigenvalue weighted by atomic mass is 16.5. The number of fused-ring (bicyclic) bond motifs is 1. The molecule has 0 aliphatic heterocycles. The van der Waals surface area contributed by atoms with E-state index in [0.717, 1.165) is 33.6 Å². The Balaban J connectivity index is 1.69. The molecule has 0 spiro atoms. The molecule has 0 radical (unpaired) electrons. The van der Waals surface area contributed by atoms with Crippen molar-refractivity contribution in [1.82, 2.24) is 4.57 Å². The Morgan fingerprint density at radius 2 is 1.57 bits per heavy atom. The predicted molar refractivity (Wildman–Crippen MR) is 140 cm³/mol. The normalized spacial score (nSPS) is 11.5. The van der Waals surface area contributed by atoms with Crippen LogP contribution in [0.5, 0.6) is 11.5 Å². The summed E-state index contributed by atoms with van der Waals surface area (Å²) in [5.41, 5.74) is 5.72. The van der Waals surface area contributed by atoms with Crippen molar-refractivity contribution in [2.24, 2.45) is 0 Å². The molecule has 4 rings (SSSR count). The van der Waals surface area contributed by atoms with E-state index in [2.05, 4.69) is 49.6 Å². The number of benzene rings is 3. The number of esters is 1. The molecule has 0 amide bonds. The van der Waals surface area contributed by atoms with Gasteiger partial charge in [-0.05, 0) is 72.9 Å². The summed E-state index contributed by atoms with van der Waals surface area (Å²) in [4.78, 5) is 12.9. The number of nitrogens with zero attached hydrogens (tertiary/aromatic N) is 1. The van der Waals surface area contributed by atoms with Crippen molar-refractivity contribution < 1.29 is 19.0 Å². The third-order valence-corrected chi connectivity index (χ3v) is 6.21. The van der Waals surface area contributed by atoms with E-state index in [9.17, 15) is 4.79 Å². The van der Waals surface area contributed by atoms with Gasteiger partial charge in [0.25, 0.3) is 0 Å². The highest BCUT2D eigenvalue weighted by Crippen LogP contribution is 2.33. The summed E-state index contributed by atoms with van der Waals surface area (Å²) in [6.07, 6.45) is 0. The molecule has 0 N–H and O–H groups in total. The fraction of sp³-hybridized carbons (Fsp3) is 0.300. The number of carbonyl (C=O) groups excluding carboxylic acids is 1. The zero-order chi connectivity index (χ0) is 25.2. The summed E-state index contributed by atoms with van der Waals surface area (Å²) in [5, 5.41) is 0.803. The van der Waals surface area contributed by atoms with Crippen LogP contribution in [0.2, 0.25) is 0 Å². The first-order valence-corrected chi connectivity index (χ1v) is 11.9. The van der Waals surface area contributed by atoms with E-state index in [0.29, 0.717) is 24.5 Å². The zero-order valence-corrected chi connectivity index (χ0v) is 21.3. The molecule has 1 heterocycles. The molecule has 0 aliphatic rings. The maximum absolute atomic E-state index is 12.9. The molecule has 0 saturated heterocycles. The number of hydrogen-bond acceptors (Lipinski definition) is 4. The lowest BCUT2D eigenvalue weighted by atomic mass is 9.87. The van der Waals surface area contributed by atoms with Crippen LogP contribution in [0.3, 0.4) is 0 Å². The molecule has 1 aromatic heterocycles. The number of hydrogen-bond donors (Lipinski definition) is 0. The van der Waals surface area contributed by atoms with Crippen LogP contribution >= 0.6 is 0 Å². The third kappa shape index (κ3) is 5.04. The monoisotopic (exact) mass is 471 g/mol. The molecule has 35 heavy (non-hydrogen) atoms. The Hall–Kier alpha value is -3.73. The van der Waals surface area contributed by atoms with E-state index in [1.165, 1.54) is 5.56 Å². The molecular weight excluding hydrogens is 438 g/mol. The van der Waals surface area contributed by atoms with Crippen LogP contribution in [0.4, 0.5) is 0 Å². The van der Waals surface area contributed by atoms with Gasteiger partial charge in [0.05, 0.1) is 24.8 Å². The first-order valence-electron chi connectivity index (χ1n) is 11.9. The number of carbonyl (C=O) groups is 1. The minimum atomic E-state index is -0.336. The van der Waals surface area contributed by atoms with Crippen molar-refractivity contribution in [3.63, 3.8) is 0 Å². The van der Waals surface area contributed by atoms with Gasteiger partial charge in [-0.2, -0.15) is 0 Å². The number of aromatic nitrogens is 1. The fourth-order valence-corrected chi connectivity index (χ4v) is 4.28. The van der Waals surface area contributed by atoms with Crippen LogP contribution in [-0.4, -0.2) is 24.3 Å². The van der Waals surface area contributed by atoms with Crippen molar-refractivity contribution in [3.05, 3.63) is 89.1 Å². The molecule has 182 valence electrons. The Morgan fingerprint density at radius 1 is 0.914 bits per heavy atom. The van der Waals surface area contributed by atoms with E-state index in [1.807, 2.05) is 56.3 Å². The molecule has 0 saturated carbocycles. The molecule has 0 fully saturated rings. The minimum Gasteiger partial charge on any atom is -0.497 e. The van der Waals surface area contributed by atoms with E-state index in [1.54, 1.807) is 7.11 Å². The minimum absolute atomic E-state index is 0.114. The van der Waals surface area contributed by atoms with E-state index in [4.69, 9.17) is 14.2 Å². The number of ether oxygens (including phenoxy) is 3. The van der Waals surface area contributed by atoms with Crippen LogP contribution in [0, 0.1) is 6.92 Å². The van der Waals surface area contributed by atoms with Crippen LogP contribution < -0.4 is 9.47 Å². The van der Waals surface area contributed by atoms with E-state index < -0.39 is 0 Å². The van der Waals surface area contributed by atoms with Gasteiger partial charge >= 0.3 is 5.97 Å². The van der Waals surface area contributed by atoms with Crippen molar-refractivity contribution in [3.8, 4) is 17.2 Å². The van der Waals surface area contributed by atoms with Gasteiger partial charge in [-0.3, -0.25) is 0 Å². The Bertz CT molecular complexity index is 1330. The molecular formula is C30H33NO4. The van der Waals surface area contributed by atoms with Crippen LogP contribution in [-0.2, 0) is 16.8 Å². The summed E-state index contributed by atoms with van der Waals surface area (Å²) < 4.78 is 18.9. The van der Waals surface area contributed by atoms with Crippen molar-refractivity contribution >= 4 is 16.9 Å². The lowest BCUT2D eigenvalue weighted by Gasteiger charge is -2.19. The second-order valence-corrected chi connectivity index (χ2v) is 9.63. The molecule has 5 heteroatoms. The van der Waals surface area contributed by atoms with Crippen molar-refractivity contribution in [1.29, 1.82) is 0 Å². The predicted octanol–water partition coefficient (Wildman–Crippen LogP) is 7.00. The molecule has 0 atom stereocenters. The Morgan fingerprint density at radius 3 is 2.17 bits per heavy atom. The molecule has 0 bridgehead atoms. The molecule has 0 unspecified atom stereocenters. The largest absolute Gasteiger partial charge is 0.497 e. The number of methoxy groups -OCH3 is 1. The summed E-state index contributed by atoms with van der Waals surface area (Å²) in [5.74, 6) is 1.15. The smallest absolute Gasteiger partial charge is 0.340 e. The van der Waals surface area contributed by atoms with Crippen LogP contribution in [0.25, 0.3) is 16.6 Å². The van der Waals surface area contributed by atoms with Crippen LogP contribution in [0.15, 0.2) is 66.7 Å². The van der Waals surface area contributed by atoms with Gasteiger partial charge in [0.2, 0.25) is 0 Å². The third-order valence-electron chi connectivity index (χ3n) is 6.21.